The molecule has 0 aliphatic carbocycles. The van der Waals surface area contributed by atoms with Crippen LogP contribution in [-0.2, 0) is 0 Å². The summed E-state index contributed by atoms with van der Waals surface area (Å²) in [6, 6.07) is 11.8. The van der Waals surface area contributed by atoms with Gasteiger partial charge in [0.2, 0.25) is 0 Å². The summed E-state index contributed by atoms with van der Waals surface area (Å²) in [7, 11) is 0. The Balaban J connectivity index is 1.40. The predicted octanol–water partition coefficient (Wildman–Crippen LogP) is 6.05. The molecule has 0 aliphatic rings. The summed E-state index contributed by atoms with van der Waals surface area (Å²) < 4.78 is 11.6. The van der Waals surface area contributed by atoms with Crippen molar-refractivity contribution in [2.75, 3.05) is 24.7 Å². The van der Waals surface area contributed by atoms with Crippen molar-refractivity contribution in [3.8, 4) is 11.5 Å². The van der Waals surface area contributed by atoms with E-state index < -0.39 is 0 Å². The van der Waals surface area contributed by atoms with Crippen LogP contribution in [0.4, 0.5) is 11.4 Å². The largest absolute Gasteiger partial charge is 0.494 e. The molecule has 2 rings (SSSR count). The topological polar surface area (TPSA) is 70.5 Å². The molecule has 0 amide bonds. The van der Waals surface area contributed by atoms with Gasteiger partial charge in [-0.25, -0.2) is 0 Å². The van der Waals surface area contributed by atoms with Crippen LogP contribution in [0.25, 0.3) is 0 Å². The van der Waals surface area contributed by atoms with Gasteiger partial charge in [0.1, 0.15) is 11.5 Å². The van der Waals surface area contributed by atoms with Crippen LogP contribution in [0.5, 0.6) is 11.5 Å². The van der Waals surface area contributed by atoms with Crippen LogP contribution >= 0.6 is 0 Å². The zero-order valence-corrected chi connectivity index (χ0v) is 17.5. The Morgan fingerprint density at radius 3 is 1.93 bits per heavy atom. The summed E-state index contributed by atoms with van der Waals surface area (Å²) in [4.78, 5) is 0. The van der Waals surface area contributed by atoms with Gasteiger partial charge in [-0.05, 0) is 49.9 Å². The molecule has 0 heterocycles. The van der Waals surface area contributed by atoms with Crippen LogP contribution in [0, 0.1) is 13.8 Å². The van der Waals surface area contributed by atoms with Gasteiger partial charge in [0.15, 0.2) is 0 Å². The summed E-state index contributed by atoms with van der Waals surface area (Å²) in [5, 5.41) is 0. The van der Waals surface area contributed by atoms with Crippen LogP contribution in [0.2, 0.25) is 0 Å². The fourth-order valence-electron chi connectivity index (χ4n) is 3.12. The molecule has 2 aromatic carbocycles. The van der Waals surface area contributed by atoms with Crippen molar-refractivity contribution in [3.05, 3.63) is 47.5 Å². The van der Waals surface area contributed by atoms with Crippen molar-refractivity contribution in [1.82, 2.24) is 0 Å². The minimum atomic E-state index is 0.745. The van der Waals surface area contributed by atoms with Gasteiger partial charge in [0.25, 0.3) is 0 Å². The SMILES string of the molecule is Cc1ccc(OCCCCCCCCCCOc2cccc(C)c2N)cc1N. The molecule has 0 aliphatic heterocycles. The molecule has 4 N–H and O–H groups in total. The molecule has 0 bridgehead atoms. The van der Waals surface area contributed by atoms with E-state index in [1.54, 1.807) is 0 Å². The molecule has 28 heavy (non-hydrogen) atoms. The lowest BCUT2D eigenvalue weighted by Crippen LogP contribution is -2.01. The molecule has 0 saturated carbocycles. The Morgan fingerprint density at radius 1 is 0.679 bits per heavy atom. The number of nitrogens with two attached hydrogens (primary N) is 2. The second-order valence-corrected chi connectivity index (χ2v) is 7.53. The average Bonchev–Trinajstić information content (AvgIpc) is 2.68. The molecule has 4 nitrogen and oxygen atoms in total. The number of ether oxygens (including phenoxy) is 2. The highest BCUT2D eigenvalue weighted by Gasteiger charge is 2.02. The van der Waals surface area contributed by atoms with Crippen LogP contribution in [0.15, 0.2) is 36.4 Å². The van der Waals surface area contributed by atoms with Gasteiger partial charge in [-0.2, -0.15) is 0 Å². The molecule has 0 saturated heterocycles. The third kappa shape index (κ3) is 7.71. The van der Waals surface area contributed by atoms with Crippen LogP contribution < -0.4 is 20.9 Å². The molecule has 0 aromatic heterocycles. The van der Waals surface area contributed by atoms with E-state index in [0.29, 0.717) is 0 Å². The number of anilines is 2. The van der Waals surface area contributed by atoms with Crippen molar-refractivity contribution in [1.29, 1.82) is 0 Å². The lowest BCUT2D eigenvalue weighted by Gasteiger charge is -2.10. The molecule has 0 atom stereocenters. The first-order valence-electron chi connectivity index (χ1n) is 10.5. The summed E-state index contributed by atoms with van der Waals surface area (Å²) >= 11 is 0. The van der Waals surface area contributed by atoms with Gasteiger partial charge in [0, 0.05) is 11.8 Å². The number of aryl methyl sites for hydroxylation is 2. The first-order valence-corrected chi connectivity index (χ1v) is 10.5. The van der Waals surface area contributed by atoms with Crippen molar-refractivity contribution >= 4 is 11.4 Å². The maximum atomic E-state index is 6.02. The quantitative estimate of drug-likeness (QED) is 0.326. The van der Waals surface area contributed by atoms with E-state index in [2.05, 4.69) is 0 Å². The molecule has 154 valence electrons. The Hall–Kier alpha value is -2.36. The highest BCUT2D eigenvalue weighted by molar-refractivity contribution is 5.57. The third-order valence-corrected chi connectivity index (χ3v) is 5.10. The fourth-order valence-corrected chi connectivity index (χ4v) is 3.12. The average molecular weight is 385 g/mol. The summed E-state index contributed by atoms with van der Waals surface area (Å²) in [6.45, 7) is 5.52. The number of rotatable bonds is 13. The smallest absolute Gasteiger partial charge is 0.142 e. The van der Waals surface area contributed by atoms with Gasteiger partial charge in [-0.1, -0.05) is 56.7 Å². The van der Waals surface area contributed by atoms with Crippen molar-refractivity contribution in [3.63, 3.8) is 0 Å². The second kappa shape index (κ2) is 12.2. The first kappa shape index (κ1) is 21.9. The van der Waals surface area contributed by atoms with Crippen molar-refractivity contribution in [2.24, 2.45) is 0 Å². The van der Waals surface area contributed by atoms with Gasteiger partial charge < -0.3 is 20.9 Å². The minimum absolute atomic E-state index is 0.745. The Labute approximate surface area is 170 Å². The van der Waals surface area contributed by atoms with E-state index in [9.17, 15) is 0 Å². The number of hydrogen-bond acceptors (Lipinski definition) is 4. The number of benzene rings is 2. The van der Waals surface area contributed by atoms with E-state index in [1.165, 1.54) is 38.5 Å². The number of hydrogen-bond donors (Lipinski definition) is 2. The summed E-state index contributed by atoms with van der Waals surface area (Å²) in [5.41, 5.74) is 15.6. The maximum Gasteiger partial charge on any atom is 0.142 e. The van der Waals surface area contributed by atoms with Gasteiger partial charge in [0.05, 0.1) is 18.9 Å². The Kier molecular flexibility index (Phi) is 9.53. The zero-order valence-electron chi connectivity index (χ0n) is 17.5. The van der Waals surface area contributed by atoms with Crippen LogP contribution in [0.1, 0.15) is 62.5 Å². The molecular weight excluding hydrogens is 348 g/mol. The molecule has 0 unspecified atom stereocenters. The lowest BCUT2D eigenvalue weighted by molar-refractivity contribution is 0.302. The van der Waals surface area contributed by atoms with Gasteiger partial charge >= 0.3 is 0 Å². The molecule has 0 fully saturated rings. The lowest BCUT2D eigenvalue weighted by atomic mass is 10.1. The molecular formula is C24H36N2O2. The fraction of sp³-hybridized carbons (Fsp3) is 0.500. The number of nitrogen functional groups attached to an aromatic ring is 2. The van der Waals surface area contributed by atoms with E-state index in [1.807, 2.05) is 50.2 Å². The van der Waals surface area contributed by atoms with E-state index >= 15 is 0 Å². The van der Waals surface area contributed by atoms with Crippen molar-refractivity contribution < 1.29 is 9.47 Å². The first-order chi connectivity index (χ1) is 13.6. The van der Waals surface area contributed by atoms with E-state index in [4.69, 9.17) is 20.9 Å². The summed E-state index contributed by atoms with van der Waals surface area (Å²) in [5.74, 6) is 1.69. The van der Waals surface area contributed by atoms with Crippen LogP contribution in [-0.4, -0.2) is 13.2 Å². The number of unbranched alkanes of at least 4 members (excludes halogenated alkanes) is 7. The highest BCUT2D eigenvalue weighted by Crippen LogP contribution is 2.24. The molecule has 0 radical (unpaired) electrons. The maximum absolute atomic E-state index is 6.02. The van der Waals surface area contributed by atoms with E-state index in [0.717, 1.165) is 60.1 Å². The predicted molar refractivity (Wildman–Crippen MR) is 119 cm³/mol. The third-order valence-electron chi connectivity index (χ3n) is 5.10. The van der Waals surface area contributed by atoms with Gasteiger partial charge in [-0.15, -0.1) is 0 Å². The zero-order chi connectivity index (χ0) is 20.2. The standard InChI is InChI=1S/C24H36N2O2/c1-19-14-15-21(18-22(19)25)27-16-9-7-5-3-4-6-8-10-17-28-23-13-11-12-20(2)24(23)26/h11-15,18H,3-10,16-17,25-26H2,1-2H3. The van der Waals surface area contributed by atoms with Gasteiger partial charge in [-0.3, -0.25) is 0 Å². The second-order valence-electron chi connectivity index (χ2n) is 7.53. The Bertz CT molecular complexity index is 716. The van der Waals surface area contributed by atoms with Crippen molar-refractivity contribution in [2.45, 2.75) is 65.2 Å². The van der Waals surface area contributed by atoms with Crippen LogP contribution in [0.3, 0.4) is 0 Å². The Morgan fingerprint density at radius 2 is 1.29 bits per heavy atom. The number of para-hydroxylation sites is 1. The molecule has 2 aromatic rings. The monoisotopic (exact) mass is 384 g/mol. The summed E-state index contributed by atoms with van der Waals surface area (Å²) in [6.07, 6.45) is 9.74. The normalized spacial score (nSPS) is 10.8. The highest BCUT2D eigenvalue weighted by atomic mass is 16.5. The molecule has 0 spiro atoms. The minimum Gasteiger partial charge on any atom is -0.494 e. The molecule has 4 heteroatoms. The van der Waals surface area contributed by atoms with E-state index in [-0.39, 0.29) is 0 Å².